The summed E-state index contributed by atoms with van der Waals surface area (Å²) in [5.41, 5.74) is 2.04. The third kappa shape index (κ3) is 4.72. The summed E-state index contributed by atoms with van der Waals surface area (Å²) in [6, 6.07) is 10.7. The average Bonchev–Trinajstić information content (AvgIpc) is 2.61. The molecule has 8 heteroatoms. The SMILES string of the molecule is CN(C)CC(=O)Nc1ccc(NC(=O)C2CC(=O)Nc3cc(F)ccc32)cc1. The van der Waals surface area contributed by atoms with E-state index in [-0.39, 0.29) is 30.7 Å². The van der Waals surface area contributed by atoms with Crippen molar-refractivity contribution in [2.24, 2.45) is 0 Å². The van der Waals surface area contributed by atoms with Crippen molar-refractivity contribution < 1.29 is 18.8 Å². The molecule has 1 atom stereocenters. The summed E-state index contributed by atoms with van der Waals surface area (Å²) in [5.74, 6) is -2.01. The highest BCUT2D eigenvalue weighted by Crippen LogP contribution is 2.33. The molecule has 0 fully saturated rings. The van der Waals surface area contributed by atoms with Gasteiger partial charge in [0.2, 0.25) is 17.7 Å². The van der Waals surface area contributed by atoms with Crippen molar-refractivity contribution in [3.63, 3.8) is 0 Å². The Labute approximate surface area is 161 Å². The number of carbonyl (C=O) groups is 3. The number of fused-ring (bicyclic) bond motifs is 1. The number of halogens is 1. The molecule has 0 spiro atoms. The molecule has 0 saturated heterocycles. The van der Waals surface area contributed by atoms with Gasteiger partial charge >= 0.3 is 0 Å². The Hall–Kier alpha value is -3.26. The van der Waals surface area contributed by atoms with Crippen LogP contribution in [0.25, 0.3) is 0 Å². The monoisotopic (exact) mass is 384 g/mol. The molecule has 0 aliphatic carbocycles. The first-order chi connectivity index (χ1) is 13.3. The van der Waals surface area contributed by atoms with E-state index in [9.17, 15) is 18.8 Å². The van der Waals surface area contributed by atoms with Gasteiger partial charge in [0, 0.05) is 23.5 Å². The van der Waals surface area contributed by atoms with Gasteiger partial charge in [-0.15, -0.1) is 0 Å². The molecule has 0 bridgehead atoms. The van der Waals surface area contributed by atoms with Crippen LogP contribution in [0.1, 0.15) is 17.9 Å². The summed E-state index contributed by atoms with van der Waals surface area (Å²) in [7, 11) is 3.60. The number of nitrogens with one attached hydrogen (secondary N) is 3. The van der Waals surface area contributed by atoms with E-state index in [1.54, 1.807) is 43.3 Å². The molecule has 1 unspecified atom stereocenters. The van der Waals surface area contributed by atoms with Crippen LogP contribution in [0.4, 0.5) is 21.5 Å². The van der Waals surface area contributed by atoms with Crippen LogP contribution in [0.15, 0.2) is 42.5 Å². The molecule has 3 amide bonds. The summed E-state index contributed by atoms with van der Waals surface area (Å²) >= 11 is 0. The minimum atomic E-state index is -0.705. The summed E-state index contributed by atoms with van der Waals surface area (Å²) in [5, 5.41) is 8.11. The molecule has 2 aromatic carbocycles. The van der Waals surface area contributed by atoms with E-state index >= 15 is 0 Å². The van der Waals surface area contributed by atoms with Gasteiger partial charge in [0.1, 0.15) is 5.82 Å². The molecule has 7 nitrogen and oxygen atoms in total. The van der Waals surface area contributed by atoms with Crippen molar-refractivity contribution >= 4 is 34.8 Å². The van der Waals surface area contributed by atoms with Crippen molar-refractivity contribution in [1.82, 2.24) is 4.90 Å². The van der Waals surface area contributed by atoms with Crippen LogP contribution in [-0.2, 0) is 14.4 Å². The van der Waals surface area contributed by atoms with Crippen molar-refractivity contribution in [2.75, 3.05) is 36.6 Å². The van der Waals surface area contributed by atoms with Gasteiger partial charge in [0.05, 0.1) is 12.5 Å². The second-order valence-electron chi connectivity index (χ2n) is 6.89. The fraction of sp³-hybridized carbons (Fsp3) is 0.250. The Morgan fingerprint density at radius 3 is 2.39 bits per heavy atom. The molecular weight excluding hydrogens is 363 g/mol. The normalized spacial score (nSPS) is 15.6. The van der Waals surface area contributed by atoms with E-state index in [1.807, 2.05) is 0 Å². The highest BCUT2D eigenvalue weighted by atomic mass is 19.1. The number of benzene rings is 2. The van der Waals surface area contributed by atoms with Gasteiger partial charge in [0.15, 0.2) is 0 Å². The second-order valence-corrected chi connectivity index (χ2v) is 6.89. The molecule has 3 rings (SSSR count). The van der Waals surface area contributed by atoms with Crippen molar-refractivity contribution in [2.45, 2.75) is 12.3 Å². The highest BCUT2D eigenvalue weighted by Gasteiger charge is 2.31. The minimum absolute atomic E-state index is 0.0108. The maximum absolute atomic E-state index is 13.4. The average molecular weight is 384 g/mol. The van der Waals surface area contributed by atoms with Crippen LogP contribution in [0.5, 0.6) is 0 Å². The standard InChI is InChI=1S/C20H21FN4O3/c1-25(2)11-19(27)22-13-4-6-14(7-5-13)23-20(28)16-10-18(26)24-17-9-12(21)3-8-15(16)17/h3-9,16H,10-11H2,1-2H3,(H,22,27)(H,23,28)(H,24,26). The van der Waals surface area contributed by atoms with Gasteiger partial charge in [-0.1, -0.05) is 6.07 Å². The number of hydrogen-bond donors (Lipinski definition) is 3. The van der Waals surface area contributed by atoms with Crippen LogP contribution in [0.3, 0.4) is 0 Å². The number of hydrogen-bond acceptors (Lipinski definition) is 4. The number of anilines is 3. The molecule has 2 aromatic rings. The first-order valence-corrected chi connectivity index (χ1v) is 8.76. The molecule has 1 aliphatic rings. The quantitative estimate of drug-likeness (QED) is 0.738. The molecule has 0 aromatic heterocycles. The largest absolute Gasteiger partial charge is 0.326 e. The highest BCUT2D eigenvalue weighted by molar-refractivity contribution is 6.05. The van der Waals surface area contributed by atoms with Crippen LogP contribution >= 0.6 is 0 Å². The Kier molecular flexibility index (Phi) is 5.70. The topological polar surface area (TPSA) is 90.5 Å². The van der Waals surface area contributed by atoms with Crippen molar-refractivity contribution in [3.8, 4) is 0 Å². The smallest absolute Gasteiger partial charge is 0.238 e. The van der Waals surface area contributed by atoms with E-state index in [4.69, 9.17) is 0 Å². The number of amides is 3. The van der Waals surface area contributed by atoms with Gasteiger partial charge in [-0.3, -0.25) is 14.4 Å². The van der Waals surface area contributed by atoms with Gasteiger partial charge < -0.3 is 20.9 Å². The third-order valence-electron chi connectivity index (χ3n) is 4.27. The molecular formula is C20H21FN4O3. The third-order valence-corrected chi connectivity index (χ3v) is 4.27. The Bertz CT molecular complexity index is 912. The fourth-order valence-electron chi connectivity index (χ4n) is 3.03. The zero-order valence-corrected chi connectivity index (χ0v) is 15.6. The molecule has 1 aliphatic heterocycles. The van der Waals surface area contributed by atoms with Gasteiger partial charge in [0.25, 0.3) is 0 Å². The van der Waals surface area contributed by atoms with E-state index in [1.165, 1.54) is 18.2 Å². The van der Waals surface area contributed by atoms with Crippen LogP contribution in [0.2, 0.25) is 0 Å². The van der Waals surface area contributed by atoms with Crippen LogP contribution < -0.4 is 16.0 Å². The first-order valence-electron chi connectivity index (χ1n) is 8.76. The number of nitrogens with zero attached hydrogens (tertiary/aromatic N) is 1. The lowest BCUT2D eigenvalue weighted by Gasteiger charge is -2.25. The van der Waals surface area contributed by atoms with Crippen molar-refractivity contribution in [3.05, 3.63) is 53.8 Å². The predicted octanol–water partition coefficient (Wildman–Crippen LogP) is 2.39. The predicted molar refractivity (Wildman–Crippen MR) is 105 cm³/mol. The number of likely N-dealkylation sites (N-methyl/N-ethyl adjacent to an activating group) is 1. The van der Waals surface area contributed by atoms with E-state index in [0.717, 1.165) is 0 Å². The van der Waals surface area contributed by atoms with E-state index < -0.39 is 11.7 Å². The molecule has 146 valence electrons. The molecule has 28 heavy (non-hydrogen) atoms. The molecule has 0 saturated carbocycles. The van der Waals surface area contributed by atoms with E-state index in [0.29, 0.717) is 22.6 Å². The maximum atomic E-state index is 13.4. The molecule has 3 N–H and O–H groups in total. The van der Waals surface area contributed by atoms with E-state index in [2.05, 4.69) is 16.0 Å². The van der Waals surface area contributed by atoms with Gasteiger partial charge in [-0.25, -0.2) is 4.39 Å². The Morgan fingerprint density at radius 1 is 1.11 bits per heavy atom. The van der Waals surface area contributed by atoms with Crippen molar-refractivity contribution in [1.29, 1.82) is 0 Å². The summed E-state index contributed by atoms with van der Waals surface area (Å²) in [6.45, 7) is 0.266. The lowest BCUT2D eigenvalue weighted by atomic mass is 9.89. The van der Waals surface area contributed by atoms with Crippen LogP contribution in [-0.4, -0.2) is 43.3 Å². The first kappa shape index (κ1) is 19.5. The summed E-state index contributed by atoms with van der Waals surface area (Å²) in [6.07, 6.45) is -0.0108. The zero-order chi connectivity index (χ0) is 20.3. The summed E-state index contributed by atoms with van der Waals surface area (Å²) < 4.78 is 13.4. The second kappa shape index (κ2) is 8.18. The maximum Gasteiger partial charge on any atom is 0.238 e. The lowest BCUT2D eigenvalue weighted by molar-refractivity contribution is -0.123. The molecule has 0 radical (unpaired) electrons. The summed E-state index contributed by atoms with van der Waals surface area (Å²) in [4.78, 5) is 38.1. The fourth-order valence-corrected chi connectivity index (χ4v) is 3.03. The number of carbonyl (C=O) groups excluding carboxylic acids is 3. The zero-order valence-electron chi connectivity index (χ0n) is 15.6. The minimum Gasteiger partial charge on any atom is -0.326 e. The van der Waals surface area contributed by atoms with Gasteiger partial charge in [-0.05, 0) is 56.1 Å². The van der Waals surface area contributed by atoms with Gasteiger partial charge in [-0.2, -0.15) is 0 Å². The Morgan fingerprint density at radius 2 is 1.75 bits per heavy atom. The molecule has 1 heterocycles. The Balaban J connectivity index is 1.68. The number of rotatable bonds is 5. The lowest BCUT2D eigenvalue weighted by Crippen LogP contribution is -2.30. The van der Waals surface area contributed by atoms with Crippen LogP contribution in [0, 0.1) is 5.82 Å².